The van der Waals surface area contributed by atoms with Crippen molar-refractivity contribution in [2.24, 2.45) is 0 Å². The van der Waals surface area contributed by atoms with Crippen LogP contribution in [-0.4, -0.2) is 42.8 Å². The minimum absolute atomic E-state index is 0.0365. The number of aryl methyl sites for hydroxylation is 1. The Morgan fingerprint density at radius 3 is 2.28 bits per heavy atom. The molecule has 0 bridgehead atoms. The smallest absolute Gasteiger partial charge is 0.204 e. The number of hydrogen-bond donors (Lipinski definition) is 5. The minimum Gasteiger partial charge on any atom is -0.507 e. The van der Waals surface area contributed by atoms with Gasteiger partial charge in [-0.05, 0) is 66.4 Å². The molecule has 8 heteroatoms. The third-order valence-corrected chi connectivity index (χ3v) is 6.75. The molecule has 1 aliphatic rings. The molecule has 3 aromatic rings. The maximum absolute atomic E-state index is 13.9. The van der Waals surface area contributed by atoms with Crippen molar-refractivity contribution in [3.63, 3.8) is 0 Å². The summed E-state index contributed by atoms with van der Waals surface area (Å²) < 4.78 is 11.9. The van der Waals surface area contributed by atoms with Crippen LogP contribution < -0.4 is 10.2 Å². The Hall–Kier alpha value is -3.23. The molecule has 8 nitrogen and oxygen atoms in total. The van der Waals surface area contributed by atoms with Crippen molar-refractivity contribution in [1.29, 1.82) is 0 Å². The Morgan fingerprint density at radius 1 is 1.03 bits per heavy atom. The fourth-order valence-electron chi connectivity index (χ4n) is 4.67. The quantitative estimate of drug-likeness (QED) is 0.192. The van der Waals surface area contributed by atoms with Gasteiger partial charge in [-0.1, -0.05) is 11.6 Å². The van der Waals surface area contributed by atoms with Crippen molar-refractivity contribution in [2.75, 3.05) is 0 Å². The number of allylic oxidation sites excluding steroid dienone is 2. The molecule has 1 aliphatic heterocycles. The maximum Gasteiger partial charge on any atom is 0.204 e. The zero-order valence-corrected chi connectivity index (χ0v) is 21.5. The molecule has 0 spiro atoms. The maximum atomic E-state index is 13.9. The first-order valence-corrected chi connectivity index (χ1v) is 12.1. The summed E-state index contributed by atoms with van der Waals surface area (Å²) in [5, 5.41) is 53.5. The Balaban J connectivity index is 2.08. The van der Waals surface area contributed by atoms with Crippen LogP contribution in [0, 0.1) is 0 Å². The Morgan fingerprint density at radius 2 is 1.69 bits per heavy atom. The van der Waals surface area contributed by atoms with Crippen LogP contribution in [0.1, 0.15) is 64.7 Å². The summed E-state index contributed by atoms with van der Waals surface area (Å²) in [4.78, 5) is 13.9. The lowest BCUT2D eigenvalue weighted by Crippen LogP contribution is -2.39. The molecule has 1 aromatic heterocycles. The Bertz CT molecular complexity index is 1440. The van der Waals surface area contributed by atoms with Gasteiger partial charge in [0.05, 0.1) is 16.6 Å². The zero-order chi connectivity index (χ0) is 26.7. The highest BCUT2D eigenvalue weighted by molar-refractivity contribution is 6.00. The van der Waals surface area contributed by atoms with E-state index in [2.05, 4.69) is 0 Å². The number of phenols is 3. The Kier molecular flexibility index (Phi) is 6.25. The van der Waals surface area contributed by atoms with Gasteiger partial charge < -0.3 is 34.7 Å². The monoisotopic (exact) mass is 498 g/mol. The molecule has 1 atom stereocenters. The molecule has 2 aromatic carbocycles. The molecule has 36 heavy (non-hydrogen) atoms. The number of phenolic OH excluding ortho intramolecular Hbond substituents is 3. The van der Waals surface area contributed by atoms with Crippen LogP contribution >= 0.6 is 0 Å². The molecule has 0 saturated heterocycles. The van der Waals surface area contributed by atoms with Gasteiger partial charge in [0.25, 0.3) is 0 Å². The highest BCUT2D eigenvalue weighted by Crippen LogP contribution is 2.46. The fourth-order valence-corrected chi connectivity index (χ4v) is 4.67. The zero-order valence-electron chi connectivity index (χ0n) is 21.5. The SMILES string of the molecule is CC(C)=CCc1c(O)c(O)c2oc3c4c(cc(O)c3c(=O)c2c1CCC(C)(C)O)O[C@H](C(C)(C)O)C4. The van der Waals surface area contributed by atoms with Crippen molar-refractivity contribution >= 4 is 21.9 Å². The van der Waals surface area contributed by atoms with Crippen molar-refractivity contribution < 1.29 is 34.7 Å². The standard InChI is InChI=1S/C28H34O8/c1-13(2)7-8-15-14(9-10-27(3,4)33)20-23(31)21-17(29)12-18-16(11-19(35-18)28(5,6)34)25(21)36-26(20)24(32)22(15)30/h7,12,19,29-30,32-34H,8-11H2,1-6H3/t19-/m0/s1. The molecule has 0 radical (unpaired) electrons. The first-order valence-electron chi connectivity index (χ1n) is 12.1. The highest BCUT2D eigenvalue weighted by atomic mass is 16.5. The number of aromatic hydroxyl groups is 3. The van der Waals surface area contributed by atoms with Crippen molar-refractivity contribution in [3.05, 3.63) is 44.6 Å². The van der Waals surface area contributed by atoms with E-state index in [1.165, 1.54) is 6.07 Å². The number of hydrogen-bond acceptors (Lipinski definition) is 8. The second kappa shape index (κ2) is 8.71. The van der Waals surface area contributed by atoms with Gasteiger partial charge in [0, 0.05) is 23.6 Å². The largest absolute Gasteiger partial charge is 0.507 e. The van der Waals surface area contributed by atoms with Crippen LogP contribution in [0.5, 0.6) is 23.0 Å². The van der Waals surface area contributed by atoms with Crippen molar-refractivity contribution in [2.45, 2.75) is 84.5 Å². The molecule has 2 heterocycles. The second-order valence-corrected chi connectivity index (χ2v) is 11.1. The van der Waals surface area contributed by atoms with Gasteiger partial charge in [-0.2, -0.15) is 0 Å². The molecular weight excluding hydrogens is 464 g/mol. The molecule has 0 amide bonds. The lowest BCUT2D eigenvalue weighted by Gasteiger charge is -2.24. The summed E-state index contributed by atoms with van der Waals surface area (Å²) in [6.45, 7) is 10.3. The average molecular weight is 499 g/mol. The van der Waals surface area contributed by atoms with E-state index in [-0.39, 0.29) is 59.1 Å². The third kappa shape index (κ3) is 4.51. The number of fused-ring (bicyclic) bond motifs is 4. The number of benzene rings is 2. The van der Waals surface area contributed by atoms with Gasteiger partial charge in [0.1, 0.15) is 28.6 Å². The van der Waals surface area contributed by atoms with Crippen LogP contribution in [-0.2, 0) is 19.3 Å². The molecule has 194 valence electrons. The van der Waals surface area contributed by atoms with E-state index in [9.17, 15) is 30.3 Å². The van der Waals surface area contributed by atoms with Gasteiger partial charge in [0.2, 0.25) is 11.2 Å². The summed E-state index contributed by atoms with van der Waals surface area (Å²) in [6, 6.07) is 1.34. The first kappa shape index (κ1) is 25.9. The summed E-state index contributed by atoms with van der Waals surface area (Å²) in [6.07, 6.45) is 2.23. The van der Waals surface area contributed by atoms with Crippen LogP contribution in [0.4, 0.5) is 0 Å². The summed E-state index contributed by atoms with van der Waals surface area (Å²) in [5.74, 6) is -1.03. The predicted octanol–water partition coefficient (Wildman–Crippen LogP) is 4.35. The number of rotatable bonds is 6. The normalized spacial score (nSPS) is 15.8. The average Bonchev–Trinajstić information content (AvgIpc) is 3.18. The van der Waals surface area contributed by atoms with E-state index < -0.39 is 34.2 Å². The fraction of sp³-hybridized carbons (Fsp3) is 0.464. The third-order valence-electron chi connectivity index (χ3n) is 6.75. The van der Waals surface area contributed by atoms with Crippen molar-refractivity contribution in [3.8, 4) is 23.0 Å². The topological polar surface area (TPSA) is 141 Å². The molecular formula is C28H34O8. The first-order chi connectivity index (χ1) is 16.6. The number of aliphatic hydroxyl groups is 2. The minimum atomic E-state index is -1.19. The molecule has 0 fully saturated rings. The summed E-state index contributed by atoms with van der Waals surface area (Å²) in [5.41, 5.74) is -0.672. The van der Waals surface area contributed by atoms with Gasteiger partial charge >= 0.3 is 0 Å². The van der Waals surface area contributed by atoms with Crippen molar-refractivity contribution in [1.82, 2.24) is 0 Å². The van der Waals surface area contributed by atoms with Gasteiger partial charge in [-0.15, -0.1) is 0 Å². The molecule has 0 unspecified atom stereocenters. The van der Waals surface area contributed by atoms with E-state index in [4.69, 9.17) is 9.15 Å². The molecule has 0 saturated carbocycles. The molecule has 0 aliphatic carbocycles. The van der Waals surface area contributed by atoms with Crippen LogP contribution in [0.3, 0.4) is 0 Å². The Labute approximate surface area is 209 Å². The molecule has 4 rings (SSSR count). The van der Waals surface area contributed by atoms with Crippen LogP contribution in [0.25, 0.3) is 21.9 Å². The summed E-state index contributed by atoms with van der Waals surface area (Å²) in [7, 11) is 0. The highest BCUT2D eigenvalue weighted by Gasteiger charge is 2.38. The van der Waals surface area contributed by atoms with E-state index in [1.807, 2.05) is 19.9 Å². The molecule has 5 N–H and O–H groups in total. The van der Waals surface area contributed by atoms with Crippen LogP contribution in [0.2, 0.25) is 0 Å². The lowest BCUT2D eigenvalue weighted by molar-refractivity contribution is -0.0229. The van der Waals surface area contributed by atoms with E-state index in [0.29, 0.717) is 16.7 Å². The predicted molar refractivity (Wildman–Crippen MR) is 137 cm³/mol. The number of ether oxygens (including phenoxy) is 1. The van der Waals surface area contributed by atoms with Gasteiger partial charge in [-0.3, -0.25) is 4.79 Å². The summed E-state index contributed by atoms with van der Waals surface area (Å²) >= 11 is 0. The van der Waals surface area contributed by atoms with Crippen LogP contribution in [0.15, 0.2) is 26.9 Å². The second-order valence-electron chi connectivity index (χ2n) is 11.1. The van der Waals surface area contributed by atoms with Gasteiger partial charge in [-0.25, -0.2) is 0 Å². The van der Waals surface area contributed by atoms with Gasteiger partial charge in [0.15, 0.2) is 11.3 Å². The lowest BCUT2D eigenvalue weighted by atomic mass is 9.89. The van der Waals surface area contributed by atoms with E-state index in [0.717, 1.165) is 5.57 Å². The van der Waals surface area contributed by atoms with E-state index in [1.54, 1.807) is 27.7 Å². The van der Waals surface area contributed by atoms with E-state index >= 15 is 0 Å².